The normalized spacial score (nSPS) is 14.5. The van der Waals surface area contributed by atoms with Crippen LogP contribution in [0.15, 0.2) is 48.7 Å². The molecule has 24 heavy (non-hydrogen) atoms. The number of pyridine rings is 1. The Morgan fingerprint density at radius 2 is 2.12 bits per heavy atom. The summed E-state index contributed by atoms with van der Waals surface area (Å²) >= 11 is 0. The summed E-state index contributed by atoms with van der Waals surface area (Å²) in [5.74, 6) is 1.12. The quantitative estimate of drug-likeness (QED) is 0.627. The van der Waals surface area contributed by atoms with Crippen molar-refractivity contribution in [1.82, 2.24) is 19.6 Å². The van der Waals surface area contributed by atoms with E-state index in [1.807, 2.05) is 28.9 Å². The summed E-state index contributed by atoms with van der Waals surface area (Å²) < 4.78 is 1.83. The molecule has 1 fully saturated rings. The van der Waals surface area contributed by atoms with Crippen molar-refractivity contribution in [2.24, 2.45) is 5.92 Å². The third-order valence-corrected chi connectivity index (χ3v) is 4.62. The smallest absolute Gasteiger partial charge is 0.159 e. The summed E-state index contributed by atoms with van der Waals surface area (Å²) in [6.45, 7) is 0. The fourth-order valence-corrected chi connectivity index (χ4v) is 3.16. The number of carbonyl (C=O) groups excluding carboxylic acids is 1. The lowest BCUT2D eigenvalue weighted by molar-refractivity contribution is -0.119. The van der Waals surface area contributed by atoms with Crippen LogP contribution in [0.2, 0.25) is 0 Å². The monoisotopic (exact) mass is 316 g/mol. The van der Waals surface area contributed by atoms with E-state index in [-0.39, 0.29) is 11.7 Å². The van der Waals surface area contributed by atoms with Gasteiger partial charge in [0.05, 0.1) is 12.1 Å². The number of Topliss-reactive ketones (excluding diaryl/α,β-unsaturated/α-hetero) is 1. The predicted octanol–water partition coefficient (Wildman–Crippen LogP) is 3.40. The average Bonchev–Trinajstić information content (AvgIpc) is 3.20. The van der Waals surface area contributed by atoms with Gasteiger partial charge in [-0.15, -0.1) is 0 Å². The van der Waals surface area contributed by atoms with E-state index in [0.717, 1.165) is 35.3 Å². The molecule has 0 atom stereocenters. The molecule has 3 heterocycles. The van der Waals surface area contributed by atoms with E-state index in [2.05, 4.69) is 39.3 Å². The number of aromatic amines is 1. The molecule has 1 aliphatic rings. The zero-order chi connectivity index (χ0) is 16.1. The van der Waals surface area contributed by atoms with Gasteiger partial charge in [0.2, 0.25) is 0 Å². The molecule has 0 saturated heterocycles. The Bertz CT molecular complexity index is 1070. The third kappa shape index (κ3) is 2.21. The van der Waals surface area contributed by atoms with Crippen LogP contribution in [-0.2, 0) is 11.2 Å². The minimum absolute atomic E-state index is 0.242. The molecule has 0 bridgehead atoms. The standard InChI is InChI=1S/C19H16N4O/c24-17(13-5-6-13)11-18-21-19-3-1-2-16(23(19)22-18)14-7-4-12-8-9-20-15(12)10-14/h1-4,7-10,13,20H,5-6,11H2. The van der Waals surface area contributed by atoms with Crippen LogP contribution in [0.5, 0.6) is 0 Å². The number of rotatable bonds is 4. The van der Waals surface area contributed by atoms with Crippen LogP contribution in [0, 0.1) is 5.92 Å². The molecule has 1 aliphatic carbocycles. The van der Waals surface area contributed by atoms with Gasteiger partial charge in [0, 0.05) is 23.2 Å². The molecule has 0 spiro atoms. The molecule has 0 amide bonds. The lowest BCUT2D eigenvalue weighted by Gasteiger charge is -2.04. The Balaban J connectivity index is 1.59. The molecule has 1 N–H and O–H groups in total. The van der Waals surface area contributed by atoms with Gasteiger partial charge in [-0.25, -0.2) is 9.50 Å². The summed E-state index contributed by atoms with van der Waals surface area (Å²) in [5.41, 5.74) is 3.91. The van der Waals surface area contributed by atoms with Gasteiger partial charge in [-0.05, 0) is 42.5 Å². The Hall–Kier alpha value is -2.95. The molecule has 0 radical (unpaired) electrons. The van der Waals surface area contributed by atoms with Crippen LogP contribution in [0.25, 0.3) is 27.8 Å². The highest BCUT2D eigenvalue weighted by atomic mass is 16.1. The van der Waals surface area contributed by atoms with Crippen molar-refractivity contribution in [3.05, 3.63) is 54.5 Å². The number of nitrogens with one attached hydrogen (secondary N) is 1. The third-order valence-electron chi connectivity index (χ3n) is 4.62. The highest BCUT2D eigenvalue weighted by Crippen LogP contribution is 2.31. The summed E-state index contributed by atoms with van der Waals surface area (Å²) in [7, 11) is 0. The SMILES string of the molecule is O=C(Cc1nc2cccc(-c3ccc4cc[nH]c4c3)n2n1)C1CC1. The van der Waals surface area contributed by atoms with E-state index < -0.39 is 0 Å². The van der Waals surface area contributed by atoms with Gasteiger partial charge in [0.1, 0.15) is 5.78 Å². The molecule has 3 aromatic heterocycles. The largest absolute Gasteiger partial charge is 0.361 e. The van der Waals surface area contributed by atoms with Gasteiger partial charge < -0.3 is 4.98 Å². The first-order valence-electron chi connectivity index (χ1n) is 8.23. The minimum atomic E-state index is 0.242. The molecule has 0 unspecified atom stereocenters. The molecular weight excluding hydrogens is 300 g/mol. The Kier molecular flexibility index (Phi) is 2.82. The molecule has 1 aromatic carbocycles. The van der Waals surface area contributed by atoms with Crippen LogP contribution in [0.3, 0.4) is 0 Å². The average molecular weight is 316 g/mol. The molecule has 1 saturated carbocycles. The fraction of sp³-hybridized carbons (Fsp3) is 0.211. The summed E-state index contributed by atoms with van der Waals surface area (Å²) in [5, 5.41) is 5.76. The van der Waals surface area contributed by atoms with E-state index in [9.17, 15) is 4.79 Å². The van der Waals surface area contributed by atoms with Gasteiger partial charge in [0.25, 0.3) is 0 Å². The Morgan fingerprint density at radius 1 is 1.21 bits per heavy atom. The number of hydrogen-bond donors (Lipinski definition) is 1. The maximum Gasteiger partial charge on any atom is 0.159 e. The predicted molar refractivity (Wildman–Crippen MR) is 91.7 cm³/mol. The van der Waals surface area contributed by atoms with Crippen LogP contribution in [0.1, 0.15) is 18.7 Å². The summed E-state index contributed by atoms with van der Waals surface area (Å²) in [6, 6.07) is 14.3. The Morgan fingerprint density at radius 3 is 3.00 bits per heavy atom. The molecule has 5 rings (SSSR count). The zero-order valence-corrected chi connectivity index (χ0v) is 13.1. The minimum Gasteiger partial charge on any atom is -0.361 e. The molecule has 118 valence electrons. The van der Waals surface area contributed by atoms with Gasteiger partial charge in [-0.1, -0.05) is 18.2 Å². The highest BCUT2D eigenvalue weighted by Gasteiger charge is 2.30. The van der Waals surface area contributed by atoms with Crippen molar-refractivity contribution < 1.29 is 4.79 Å². The number of carbonyl (C=O) groups is 1. The van der Waals surface area contributed by atoms with E-state index in [1.54, 1.807) is 0 Å². The van der Waals surface area contributed by atoms with E-state index in [4.69, 9.17) is 0 Å². The number of ketones is 1. The second-order valence-electron chi connectivity index (χ2n) is 6.41. The fourth-order valence-electron chi connectivity index (χ4n) is 3.16. The maximum absolute atomic E-state index is 12.0. The van der Waals surface area contributed by atoms with Crippen molar-refractivity contribution in [2.45, 2.75) is 19.3 Å². The molecule has 5 nitrogen and oxygen atoms in total. The van der Waals surface area contributed by atoms with Crippen molar-refractivity contribution in [3.8, 4) is 11.3 Å². The number of nitrogens with zero attached hydrogens (tertiary/aromatic N) is 3. The number of fused-ring (bicyclic) bond motifs is 2. The molecule has 5 heteroatoms. The molecular formula is C19H16N4O. The first kappa shape index (κ1) is 13.5. The number of H-pyrrole nitrogens is 1. The number of benzene rings is 1. The van der Waals surface area contributed by atoms with Crippen molar-refractivity contribution in [3.63, 3.8) is 0 Å². The topological polar surface area (TPSA) is 63.0 Å². The van der Waals surface area contributed by atoms with Gasteiger partial charge >= 0.3 is 0 Å². The lowest BCUT2D eigenvalue weighted by atomic mass is 10.1. The van der Waals surface area contributed by atoms with Gasteiger partial charge in [0.15, 0.2) is 11.5 Å². The first-order valence-corrected chi connectivity index (χ1v) is 8.23. The Labute approximate surface area is 138 Å². The maximum atomic E-state index is 12.0. The number of hydrogen-bond acceptors (Lipinski definition) is 3. The zero-order valence-electron chi connectivity index (χ0n) is 13.1. The van der Waals surface area contributed by atoms with Gasteiger partial charge in [-0.3, -0.25) is 4.79 Å². The van der Waals surface area contributed by atoms with Crippen LogP contribution in [-0.4, -0.2) is 25.4 Å². The van der Waals surface area contributed by atoms with E-state index in [1.165, 1.54) is 5.39 Å². The lowest BCUT2D eigenvalue weighted by Crippen LogP contribution is -2.06. The van der Waals surface area contributed by atoms with Crippen molar-refractivity contribution in [1.29, 1.82) is 0 Å². The summed E-state index contributed by atoms with van der Waals surface area (Å²) in [6.07, 6.45) is 4.31. The van der Waals surface area contributed by atoms with E-state index >= 15 is 0 Å². The van der Waals surface area contributed by atoms with Crippen LogP contribution in [0.4, 0.5) is 0 Å². The van der Waals surface area contributed by atoms with Crippen LogP contribution < -0.4 is 0 Å². The molecule has 0 aliphatic heterocycles. The highest BCUT2D eigenvalue weighted by molar-refractivity contribution is 5.85. The van der Waals surface area contributed by atoms with E-state index in [0.29, 0.717) is 12.2 Å². The van der Waals surface area contributed by atoms with Crippen molar-refractivity contribution in [2.75, 3.05) is 0 Å². The van der Waals surface area contributed by atoms with Crippen molar-refractivity contribution >= 4 is 22.3 Å². The first-order chi connectivity index (χ1) is 11.8. The second-order valence-corrected chi connectivity index (χ2v) is 6.41. The van der Waals surface area contributed by atoms with Crippen LogP contribution >= 0.6 is 0 Å². The summed E-state index contributed by atoms with van der Waals surface area (Å²) in [4.78, 5) is 19.8. The second kappa shape index (κ2) is 5.03. The number of aromatic nitrogens is 4. The van der Waals surface area contributed by atoms with Gasteiger partial charge in [-0.2, -0.15) is 5.10 Å². The molecule has 4 aromatic rings.